The third-order valence-corrected chi connectivity index (χ3v) is 2.82. The van der Waals surface area contributed by atoms with Gasteiger partial charge in [0.05, 0.1) is 0 Å². The van der Waals surface area contributed by atoms with Crippen molar-refractivity contribution >= 4 is 24.0 Å². The molecule has 0 saturated heterocycles. The van der Waals surface area contributed by atoms with Gasteiger partial charge in [-0.2, -0.15) is 0 Å². The summed E-state index contributed by atoms with van der Waals surface area (Å²) in [6, 6.07) is 7.95. The molecule has 1 aromatic rings. The second-order valence-corrected chi connectivity index (χ2v) is 5.45. The van der Waals surface area contributed by atoms with Crippen molar-refractivity contribution in [1.82, 2.24) is 0 Å². The zero-order valence-corrected chi connectivity index (χ0v) is 12.3. The van der Waals surface area contributed by atoms with E-state index in [2.05, 4.69) is 26.1 Å². The van der Waals surface area contributed by atoms with E-state index < -0.39 is 0 Å². The number of amides is 1. The van der Waals surface area contributed by atoms with Crippen LogP contribution in [0.5, 0.6) is 0 Å². The minimum Gasteiger partial charge on any atom is -0.330 e. The lowest BCUT2D eigenvalue weighted by Crippen LogP contribution is -2.26. The van der Waals surface area contributed by atoms with Crippen molar-refractivity contribution in [2.45, 2.75) is 33.1 Å². The van der Waals surface area contributed by atoms with Gasteiger partial charge in [-0.3, -0.25) is 4.79 Å². The van der Waals surface area contributed by atoms with Crippen LogP contribution in [-0.4, -0.2) is 12.5 Å². The summed E-state index contributed by atoms with van der Waals surface area (Å²) in [5.41, 5.74) is 7.65. The Kier molecular flexibility index (Phi) is 6.36. The zero-order valence-electron chi connectivity index (χ0n) is 11.5. The van der Waals surface area contributed by atoms with Gasteiger partial charge in [0.15, 0.2) is 0 Å². The molecule has 0 aliphatic heterocycles. The van der Waals surface area contributed by atoms with Crippen molar-refractivity contribution in [3.05, 3.63) is 29.8 Å². The molecular weight excluding hydrogens is 248 g/mol. The first-order valence-corrected chi connectivity index (χ1v) is 5.96. The standard InChI is InChI=1S/C14H22N2O.ClH/c1-10(9-15)13(17)16-12-7-5-11(6-8-12)14(2,3)4;/h5-8,10H,9,15H2,1-4H3,(H,16,17);1H. The topological polar surface area (TPSA) is 55.1 Å². The molecule has 1 aromatic carbocycles. The number of nitrogens with one attached hydrogen (secondary N) is 1. The van der Waals surface area contributed by atoms with E-state index in [9.17, 15) is 4.79 Å². The van der Waals surface area contributed by atoms with Crippen LogP contribution in [0.2, 0.25) is 0 Å². The molecule has 1 rings (SSSR count). The number of halogens is 1. The van der Waals surface area contributed by atoms with Crippen molar-refractivity contribution < 1.29 is 4.79 Å². The summed E-state index contributed by atoms with van der Waals surface area (Å²) in [4.78, 5) is 11.6. The minimum atomic E-state index is -0.155. The number of benzene rings is 1. The summed E-state index contributed by atoms with van der Waals surface area (Å²) >= 11 is 0. The molecule has 4 heteroatoms. The third-order valence-electron chi connectivity index (χ3n) is 2.82. The maximum atomic E-state index is 11.6. The van der Waals surface area contributed by atoms with Crippen molar-refractivity contribution in [1.29, 1.82) is 0 Å². The van der Waals surface area contributed by atoms with Gasteiger partial charge in [-0.05, 0) is 23.1 Å². The van der Waals surface area contributed by atoms with Gasteiger partial charge in [0, 0.05) is 18.2 Å². The Morgan fingerprint density at radius 3 is 2.17 bits per heavy atom. The number of hydrogen-bond donors (Lipinski definition) is 2. The molecule has 1 atom stereocenters. The highest BCUT2D eigenvalue weighted by Crippen LogP contribution is 2.23. The van der Waals surface area contributed by atoms with Crippen molar-refractivity contribution in [3.63, 3.8) is 0 Å². The molecule has 0 bridgehead atoms. The first-order valence-electron chi connectivity index (χ1n) is 5.96. The summed E-state index contributed by atoms with van der Waals surface area (Å²) in [6.45, 7) is 8.68. The number of hydrogen-bond acceptors (Lipinski definition) is 2. The number of carbonyl (C=O) groups is 1. The molecule has 0 aliphatic carbocycles. The molecule has 0 aromatic heterocycles. The van der Waals surface area contributed by atoms with Crippen LogP contribution in [0.1, 0.15) is 33.3 Å². The second kappa shape index (κ2) is 6.76. The summed E-state index contributed by atoms with van der Waals surface area (Å²) in [5.74, 6) is -0.187. The van der Waals surface area contributed by atoms with Gasteiger partial charge < -0.3 is 11.1 Å². The molecule has 18 heavy (non-hydrogen) atoms. The van der Waals surface area contributed by atoms with E-state index in [0.29, 0.717) is 6.54 Å². The average Bonchev–Trinajstić information content (AvgIpc) is 2.27. The Hall–Kier alpha value is -1.06. The van der Waals surface area contributed by atoms with Crippen LogP contribution in [0.3, 0.4) is 0 Å². The number of carbonyl (C=O) groups excluding carboxylic acids is 1. The maximum absolute atomic E-state index is 11.6. The molecule has 1 amide bonds. The summed E-state index contributed by atoms with van der Waals surface area (Å²) in [5, 5.41) is 2.85. The third kappa shape index (κ3) is 4.67. The van der Waals surface area contributed by atoms with Crippen molar-refractivity contribution in [3.8, 4) is 0 Å². The van der Waals surface area contributed by atoms with Crippen LogP contribution < -0.4 is 11.1 Å². The fourth-order valence-electron chi connectivity index (χ4n) is 1.43. The monoisotopic (exact) mass is 270 g/mol. The Bertz CT molecular complexity index is 382. The predicted octanol–water partition coefficient (Wildman–Crippen LogP) is 2.94. The van der Waals surface area contributed by atoms with E-state index in [-0.39, 0.29) is 29.6 Å². The lowest BCUT2D eigenvalue weighted by Gasteiger charge is -2.19. The average molecular weight is 271 g/mol. The number of anilines is 1. The van der Waals surface area contributed by atoms with Gasteiger partial charge in [0.2, 0.25) is 5.91 Å². The maximum Gasteiger partial charge on any atom is 0.228 e. The second-order valence-electron chi connectivity index (χ2n) is 5.45. The van der Waals surface area contributed by atoms with Gasteiger partial charge >= 0.3 is 0 Å². The first-order chi connectivity index (χ1) is 7.84. The normalized spacial score (nSPS) is 12.5. The van der Waals surface area contributed by atoms with Crippen LogP contribution >= 0.6 is 12.4 Å². The predicted molar refractivity (Wildman–Crippen MR) is 79.2 cm³/mol. The van der Waals surface area contributed by atoms with Crippen molar-refractivity contribution in [2.24, 2.45) is 11.7 Å². The smallest absolute Gasteiger partial charge is 0.228 e. The Morgan fingerprint density at radius 2 is 1.78 bits per heavy atom. The van der Waals surface area contributed by atoms with Crippen molar-refractivity contribution in [2.75, 3.05) is 11.9 Å². The van der Waals surface area contributed by atoms with Crippen LogP contribution in [-0.2, 0) is 10.2 Å². The first kappa shape index (κ1) is 16.9. The molecule has 3 N–H and O–H groups in total. The molecule has 0 saturated carbocycles. The molecule has 0 fully saturated rings. The van der Waals surface area contributed by atoms with E-state index in [4.69, 9.17) is 5.73 Å². The Labute approximate surface area is 116 Å². The van der Waals surface area contributed by atoms with Gasteiger partial charge in [-0.1, -0.05) is 39.8 Å². The number of rotatable bonds is 3. The van der Waals surface area contributed by atoms with Crippen LogP contribution in [0.15, 0.2) is 24.3 Å². The van der Waals surface area contributed by atoms with Crippen LogP contribution in [0.25, 0.3) is 0 Å². The van der Waals surface area contributed by atoms with E-state index in [0.717, 1.165) is 5.69 Å². The van der Waals surface area contributed by atoms with E-state index in [1.54, 1.807) is 0 Å². The van der Waals surface area contributed by atoms with Crippen LogP contribution in [0.4, 0.5) is 5.69 Å². The number of nitrogens with two attached hydrogens (primary N) is 1. The summed E-state index contributed by atoms with van der Waals surface area (Å²) in [7, 11) is 0. The van der Waals surface area contributed by atoms with E-state index >= 15 is 0 Å². The molecular formula is C14H23ClN2O. The molecule has 102 valence electrons. The molecule has 3 nitrogen and oxygen atoms in total. The van der Waals surface area contributed by atoms with Gasteiger partial charge in [0.1, 0.15) is 0 Å². The molecule has 1 unspecified atom stereocenters. The molecule has 0 spiro atoms. The highest BCUT2D eigenvalue weighted by atomic mass is 35.5. The highest BCUT2D eigenvalue weighted by molar-refractivity contribution is 5.92. The largest absolute Gasteiger partial charge is 0.330 e. The Balaban J connectivity index is 0.00000289. The molecule has 0 heterocycles. The quantitative estimate of drug-likeness (QED) is 0.887. The Morgan fingerprint density at radius 1 is 1.28 bits per heavy atom. The van der Waals surface area contributed by atoms with Gasteiger partial charge in [0.25, 0.3) is 0 Å². The fraction of sp³-hybridized carbons (Fsp3) is 0.500. The minimum absolute atomic E-state index is 0. The van der Waals surface area contributed by atoms with E-state index in [1.165, 1.54) is 5.56 Å². The molecule has 0 radical (unpaired) electrons. The van der Waals surface area contributed by atoms with Gasteiger partial charge in [-0.25, -0.2) is 0 Å². The van der Waals surface area contributed by atoms with Gasteiger partial charge in [-0.15, -0.1) is 12.4 Å². The zero-order chi connectivity index (χ0) is 13.1. The lowest BCUT2D eigenvalue weighted by atomic mass is 9.87. The highest BCUT2D eigenvalue weighted by Gasteiger charge is 2.14. The SMILES string of the molecule is CC(CN)C(=O)Nc1ccc(C(C)(C)C)cc1.Cl. The summed E-state index contributed by atoms with van der Waals surface area (Å²) in [6.07, 6.45) is 0. The lowest BCUT2D eigenvalue weighted by molar-refractivity contribution is -0.119. The van der Waals surface area contributed by atoms with Crippen LogP contribution in [0, 0.1) is 5.92 Å². The summed E-state index contributed by atoms with van der Waals surface area (Å²) < 4.78 is 0. The molecule has 0 aliphatic rings. The fourth-order valence-corrected chi connectivity index (χ4v) is 1.43. The van der Waals surface area contributed by atoms with E-state index in [1.807, 2.05) is 31.2 Å².